The first kappa shape index (κ1) is 8.86. The molecule has 1 aliphatic rings. The lowest BCUT2D eigenvalue weighted by atomic mass is 10.1. The van der Waals surface area contributed by atoms with Crippen molar-refractivity contribution in [2.45, 2.75) is 18.3 Å². The van der Waals surface area contributed by atoms with E-state index < -0.39 is 5.41 Å². The van der Waals surface area contributed by atoms with Crippen LogP contribution in [0.2, 0.25) is 0 Å². The summed E-state index contributed by atoms with van der Waals surface area (Å²) in [5.41, 5.74) is 0.383. The van der Waals surface area contributed by atoms with Gasteiger partial charge in [-0.25, -0.2) is 9.50 Å². The van der Waals surface area contributed by atoms with Crippen LogP contribution in [-0.4, -0.2) is 14.6 Å². The standard InChI is InChI=1S/C10H7BrN4/c11-7-1-2-8-13-9(14-15(8)5-7)10(6-12)3-4-10/h1-2,5H,3-4H2. The molecule has 1 aliphatic carbocycles. The van der Waals surface area contributed by atoms with Crippen LogP contribution in [0.4, 0.5) is 0 Å². The van der Waals surface area contributed by atoms with E-state index in [2.05, 4.69) is 32.1 Å². The zero-order chi connectivity index (χ0) is 10.5. The molecule has 2 heterocycles. The molecule has 0 amide bonds. The number of hydrogen-bond donors (Lipinski definition) is 0. The van der Waals surface area contributed by atoms with E-state index >= 15 is 0 Å². The van der Waals surface area contributed by atoms with E-state index in [1.165, 1.54) is 0 Å². The van der Waals surface area contributed by atoms with Crippen LogP contribution in [-0.2, 0) is 5.41 Å². The molecule has 2 aromatic rings. The lowest BCUT2D eigenvalue weighted by Gasteiger charge is -1.94. The van der Waals surface area contributed by atoms with Gasteiger partial charge in [-0.15, -0.1) is 5.10 Å². The number of rotatable bonds is 1. The molecule has 5 heteroatoms. The monoisotopic (exact) mass is 262 g/mol. The molecular weight excluding hydrogens is 256 g/mol. The zero-order valence-corrected chi connectivity index (χ0v) is 9.40. The van der Waals surface area contributed by atoms with Gasteiger partial charge < -0.3 is 0 Å². The van der Waals surface area contributed by atoms with Gasteiger partial charge in [-0.2, -0.15) is 5.26 Å². The first-order valence-electron chi connectivity index (χ1n) is 4.67. The molecule has 4 nitrogen and oxygen atoms in total. The van der Waals surface area contributed by atoms with Crippen LogP contribution in [0.15, 0.2) is 22.8 Å². The van der Waals surface area contributed by atoms with Crippen LogP contribution in [0, 0.1) is 11.3 Å². The Hall–Kier alpha value is -1.41. The highest BCUT2D eigenvalue weighted by atomic mass is 79.9. The third-order valence-electron chi connectivity index (χ3n) is 2.69. The second kappa shape index (κ2) is 2.80. The largest absolute Gasteiger partial charge is 0.220 e. The first-order chi connectivity index (χ1) is 7.23. The van der Waals surface area contributed by atoms with Crippen molar-refractivity contribution in [1.82, 2.24) is 14.6 Å². The van der Waals surface area contributed by atoms with Gasteiger partial charge in [-0.3, -0.25) is 0 Å². The van der Waals surface area contributed by atoms with Gasteiger partial charge in [0, 0.05) is 10.7 Å². The topological polar surface area (TPSA) is 54.0 Å². The van der Waals surface area contributed by atoms with E-state index in [0.717, 1.165) is 23.0 Å². The third kappa shape index (κ3) is 1.25. The normalized spacial score (nSPS) is 17.6. The van der Waals surface area contributed by atoms with Crippen LogP contribution in [0.1, 0.15) is 18.7 Å². The predicted molar refractivity (Wildman–Crippen MR) is 57.2 cm³/mol. The summed E-state index contributed by atoms with van der Waals surface area (Å²) in [4.78, 5) is 4.37. The molecule has 0 aliphatic heterocycles. The SMILES string of the molecule is N#CC1(c2nc3ccc(Br)cn3n2)CC1. The highest BCUT2D eigenvalue weighted by Gasteiger charge is 2.48. The predicted octanol–water partition coefficient (Wildman–Crippen LogP) is 2.05. The second-order valence-electron chi connectivity index (χ2n) is 3.78. The summed E-state index contributed by atoms with van der Waals surface area (Å²) in [6.07, 6.45) is 3.60. The Labute approximate surface area is 94.7 Å². The molecule has 0 atom stereocenters. The van der Waals surface area contributed by atoms with Crippen LogP contribution in [0.25, 0.3) is 5.65 Å². The van der Waals surface area contributed by atoms with Crippen molar-refractivity contribution in [3.8, 4) is 6.07 Å². The summed E-state index contributed by atoms with van der Waals surface area (Å²) in [5.74, 6) is 0.656. The molecule has 0 saturated heterocycles. The van der Waals surface area contributed by atoms with Gasteiger partial charge in [0.15, 0.2) is 11.5 Å². The quantitative estimate of drug-likeness (QED) is 0.791. The summed E-state index contributed by atoms with van der Waals surface area (Å²) in [5, 5.41) is 13.4. The molecule has 0 unspecified atom stereocenters. The summed E-state index contributed by atoms with van der Waals surface area (Å²) in [6.45, 7) is 0. The molecule has 2 aromatic heterocycles. The maximum absolute atomic E-state index is 9.04. The Morgan fingerprint density at radius 2 is 2.27 bits per heavy atom. The Morgan fingerprint density at radius 1 is 1.47 bits per heavy atom. The lowest BCUT2D eigenvalue weighted by Crippen LogP contribution is -2.05. The highest BCUT2D eigenvalue weighted by molar-refractivity contribution is 9.10. The molecule has 74 valence electrons. The Morgan fingerprint density at radius 3 is 2.93 bits per heavy atom. The summed E-state index contributed by atoms with van der Waals surface area (Å²) in [7, 11) is 0. The molecule has 0 radical (unpaired) electrons. The van der Waals surface area contributed by atoms with Gasteiger partial charge in [-0.05, 0) is 40.9 Å². The summed E-state index contributed by atoms with van der Waals surface area (Å²) in [6, 6.07) is 6.09. The van der Waals surface area contributed by atoms with E-state index in [1.807, 2.05) is 18.3 Å². The van der Waals surface area contributed by atoms with Crippen molar-refractivity contribution in [3.05, 3.63) is 28.6 Å². The van der Waals surface area contributed by atoms with Crippen molar-refractivity contribution in [2.75, 3.05) is 0 Å². The first-order valence-corrected chi connectivity index (χ1v) is 5.46. The van der Waals surface area contributed by atoms with Crippen molar-refractivity contribution < 1.29 is 0 Å². The average molecular weight is 263 g/mol. The van der Waals surface area contributed by atoms with Gasteiger partial charge in [0.05, 0.1) is 6.07 Å². The molecule has 0 aromatic carbocycles. The number of pyridine rings is 1. The van der Waals surface area contributed by atoms with E-state index in [9.17, 15) is 0 Å². The van der Waals surface area contributed by atoms with Gasteiger partial charge in [-0.1, -0.05) is 0 Å². The highest BCUT2D eigenvalue weighted by Crippen LogP contribution is 2.45. The smallest absolute Gasteiger partial charge is 0.171 e. The molecule has 0 bridgehead atoms. The molecule has 1 fully saturated rings. The summed E-state index contributed by atoms with van der Waals surface area (Å²) < 4.78 is 2.66. The average Bonchev–Trinajstić information content (AvgIpc) is 2.93. The van der Waals surface area contributed by atoms with Gasteiger partial charge in [0.1, 0.15) is 5.41 Å². The number of hydrogen-bond acceptors (Lipinski definition) is 3. The number of nitrogens with zero attached hydrogens (tertiary/aromatic N) is 4. The van der Waals surface area contributed by atoms with E-state index in [1.54, 1.807) is 4.52 Å². The van der Waals surface area contributed by atoms with Crippen LogP contribution >= 0.6 is 15.9 Å². The molecule has 0 N–H and O–H groups in total. The van der Waals surface area contributed by atoms with Crippen molar-refractivity contribution >= 4 is 21.6 Å². The van der Waals surface area contributed by atoms with Crippen molar-refractivity contribution in [3.63, 3.8) is 0 Å². The fourth-order valence-corrected chi connectivity index (χ4v) is 1.90. The Kier molecular flexibility index (Phi) is 1.65. The number of halogens is 1. The third-order valence-corrected chi connectivity index (χ3v) is 3.16. The van der Waals surface area contributed by atoms with E-state index in [4.69, 9.17) is 5.26 Å². The molecule has 3 rings (SSSR count). The number of aromatic nitrogens is 3. The summed E-state index contributed by atoms with van der Waals surface area (Å²) >= 11 is 3.37. The Bertz CT molecular complexity index is 577. The van der Waals surface area contributed by atoms with Crippen molar-refractivity contribution in [2.24, 2.45) is 0 Å². The minimum Gasteiger partial charge on any atom is -0.220 e. The van der Waals surface area contributed by atoms with E-state index in [-0.39, 0.29) is 0 Å². The lowest BCUT2D eigenvalue weighted by molar-refractivity contribution is 0.784. The molecule has 1 saturated carbocycles. The molecule has 0 spiro atoms. The van der Waals surface area contributed by atoms with Crippen LogP contribution in [0.5, 0.6) is 0 Å². The maximum Gasteiger partial charge on any atom is 0.171 e. The fourth-order valence-electron chi connectivity index (χ4n) is 1.57. The van der Waals surface area contributed by atoms with Gasteiger partial charge in [0.25, 0.3) is 0 Å². The van der Waals surface area contributed by atoms with Gasteiger partial charge in [0.2, 0.25) is 0 Å². The second-order valence-corrected chi connectivity index (χ2v) is 4.70. The fraction of sp³-hybridized carbons (Fsp3) is 0.300. The molecular formula is C10H7BrN4. The minimum atomic E-state index is -0.404. The van der Waals surface area contributed by atoms with E-state index in [0.29, 0.717) is 5.82 Å². The number of fused-ring (bicyclic) bond motifs is 1. The number of nitriles is 1. The van der Waals surface area contributed by atoms with Crippen LogP contribution in [0.3, 0.4) is 0 Å². The van der Waals surface area contributed by atoms with Crippen molar-refractivity contribution in [1.29, 1.82) is 5.26 Å². The molecule has 15 heavy (non-hydrogen) atoms. The minimum absolute atomic E-state index is 0.404. The van der Waals surface area contributed by atoms with Gasteiger partial charge >= 0.3 is 0 Å². The Balaban J connectivity index is 2.19. The maximum atomic E-state index is 9.04. The zero-order valence-electron chi connectivity index (χ0n) is 7.81. The van der Waals surface area contributed by atoms with Crippen LogP contribution < -0.4 is 0 Å².